The number of anilines is 2. The summed E-state index contributed by atoms with van der Waals surface area (Å²) in [5.41, 5.74) is 0.498. The van der Waals surface area contributed by atoms with Crippen LogP contribution in [0.4, 0.5) is 24.7 Å². The molecule has 0 fully saturated rings. The molecule has 2 amide bonds. The van der Waals surface area contributed by atoms with Gasteiger partial charge in [0.25, 0.3) is 5.91 Å². The summed E-state index contributed by atoms with van der Waals surface area (Å²) in [6, 6.07) is 5.81. The predicted molar refractivity (Wildman–Crippen MR) is 129 cm³/mol. The van der Waals surface area contributed by atoms with Crippen LogP contribution in [0.2, 0.25) is 5.02 Å². The van der Waals surface area contributed by atoms with E-state index in [-0.39, 0.29) is 47.1 Å². The Morgan fingerprint density at radius 3 is 2.70 bits per heavy atom. The maximum Gasteiger partial charge on any atom is 0.410 e. The minimum absolute atomic E-state index is 0.0909. The summed E-state index contributed by atoms with van der Waals surface area (Å²) < 4.78 is 48.8. The van der Waals surface area contributed by atoms with Gasteiger partial charge in [-0.3, -0.25) is 14.3 Å². The number of carbonyl (C=O) groups excluding carboxylic acids is 2. The first-order chi connectivity index (χ1) is 17.6. The number of alkyl halides is 3. The molecule has 0 radical (unpaired) electrons. The van der Waals surface area contributed by atoms with Gasteiger partial charge in [-0.05, 0) is 12.5 Å². The van der Waals surface area contributed by atoms with Gasteiger partial charge in [-0.2, -0.15) is 23.4 Å². The second kappa shape index (κ2) is 10.8. The number of aromatic nitrogens is 4. The van der Waals surface area contributed by atoms with Gasteiger partial charge >= 0.3 is 6.18 Å². The molecule has 0 saturated heterocycles. The second-order valence-electron chi connectivity index (χ2n) is 8.66. The number of fused-ring (bicyclic) bond motifs is 1. The zero-order valence-corrected chi connectivity index (χ0v) is 20.7. The van der Waals surface area contributed by atoms with Gasteiger partial charge in [-0.1, -0.05) is 41.9 Å². The molecular formula is C23H25ClF3N7O3. The van der Waals surface area contributed by atoms with Crippen LogP contribution in [-0.4, -0.2) is 57.3 Å². The van der Waals surface area contributed by atoms with Crippen molar-refractivity contribution in [1.29, 1.82) is 0 Å². The van der Waals surface area contributed by atoms with E-state index in [1.54, 1.807) is 37.3 Å². The lowest BCUT2D eigenvalue weighted by Gasteiger charge is -2.33. The number of nitrogens with one attached hydrogen (secondary N) is 3. The summed E-state index contributed by atoms with van der Waals surface area (Å²) in [6.07, 6.45) is -2.23. The first kappa shape index (κ1) is 26.5. The number of carbonyl (C=O) groups is 2. The number of nitrogens with zero attached hydrogens (tertiary/aromatic N) is 4. The Kier molecular flexibility index (Phi) is 7.73. The van der Waals surface area contributed by atoms with Crippen LogP contribution in [0, 0.1) is 0 Å². The fourth-order valence-electron chi connectivity index (χ4n) is 4.10. The third-order valence-corrected chi connectivity index (χ3v) is 6.09. The molecule has 3 atom stereocenters. The third kappa shape index (κ3) is 6.05. The Balaban J connectivity index is 1.51. The molecule has 1 aromatic carbocycles. The highest BCUT2D eigenvalue weighted by Gasteiger charge is 2.47. The van der Waals surface area contributed by atoms with Crippen LogP contribution in [-0.2, 0) is 16.1 Å². The van der Waals surface area contributed by atoms with Gasteiger partial charge in [-0.25, -0.2) is 4.68 Å². The molecule has 0 spiro atoms. The minimum atomic E-state index is -4.62. The van der Waals surface area contributed by atoms with Gasteiger partial charge in [-0.15, -0.1) is 0 Å². The normalized spacial score (nSPS) is 18.0. The lowest BCUT2D eigenvalue weighted by atomic mass is 9.97. The van der Waals surface area contributed by atoms with Crippen LogP contribution in [0.25, 0.3) is 0 Å². The minimum Gasteiger partial charge on any atom is -0.383 e. The van der Waals surface area contributed by atoms with E-state index in [0.29, 0.717) is 16.9 Å². The number of methoxy groups -OCH3 is 1. The first-order valence-corrected chi connectivity index (χ1v) is 11.7. The topological polar surface area (TPSA) is 115 Å². The van der Waals surface area contributed by atoms with Crippen molar-refractivity contribution in [3.63, 3.8) is 0 Å². The molecule has 3 aromatic rings. The molecule has 10 nitrogen and oxygen atoms in total. The molecule has 2 aromatic heterocycles. The number of hydrogen-bond donors (Lipinski definition) is 3. The predicted octanol–water partition coefficient (Wildman–Crippen LogP) is 3.80. The van der Waals surface area contributed by atoms with Crippen molar-refractivity contribution in [2.24, 2.45) is 0 Å². The van der Waals surface area contributed by atoms with E-state index < -0.39 is 24.2 Å². The monoisotopic (exact) mass is 539 g/mol. The van der Waals surface area contributed by atoms with E-state index >= 15 is 0 Å². The Morgan fingerprint density at radius 2 is 2.03 bits per heavy atom. The van der Waals surface area contributed by atoms with Crippen LogP contribution in [0.15, 0.2) is 42.7 Å². The Bertz CT molecular complexity index is 1260. The van der Waals surface area contributed by atoms with Crippen LogP contribution in [0.1, 0.15) is 41.5 Å². The highest BCUT2D eigenvalue weighted by Crippen LogP contribution is 2.46. The molecule has 0 saturated carbocycles. The average Bonchev–Trinajstić information content (AvgIpc) is 3.42. The second-order valence-corrected chi connectivity index (χ2v) is 9.04. The van der Waals surface area contributed by atoms with Crippen molar-refractivity contribution in [2.45, 2.75) is 44.2 Å². The van der Waals surface area contributed by atoms with Crippen molar-refractivity contribution in [1.82, 2.24) is 24.9 Å². The summed E-state index contributed by atoms with van der Waals surface area (Å²) in [7, 11) is 1.52. The lowest BCUT2D eigenvalue weighted by Crippen LogP contribution is -2.37. The molecular weight excluding hydrogens is 515 g/mol. The summed E-state index contributed by atoms with van der Waals surface area (Å²) in [5, 5.41) is 15.9. The molecule has 0 aliphatic carbocycles. The van der Waals surface area contributed by atoms with Crippen LogP contribution in [0.5, 0.6) is 0 Å². The molecule has 0 unspecified atom stereocenters. The van der Waals surface area contributed by atoms with Crippen molar-refractivity contribution in [3.8, 4) is 0 Å². The maximum absolute atomic E-state index is 13.9. The highest BCUT2D eigenvalue weighted by atomic mass is 35.5. The summed E-state index contributed by atoms with van der Waals surface area (Å²) in [5.74, 6) is -1.22. The molecule has 0 bridgehead atoms. The largest absolute Gasteiger partial charge is 0.410 e. The Labute approximate surface area is 215 Å². The quantitative estimate of drug-likeness (QED) is 0.401. The fraction of sp³-hybridized carbons (Fsp3) is 0.391. The zero-order valence-electron chi connectivity index (χ0n) is 19.9. The highest BCUT2D eigenvalue weighted by molar-refractivity contribution is 6.36. The summed E-state index contributed by atoms with van der Waals surface area (Å²) >= 11 is 6.36. The maximum atomic E-state index is 13.9. The van der Waals surface area contributed by atoms with Crippen molar-refractivity contribution in [3.05, 3.63) is 59.0 Å². The van der Waals surface area contributed by atoms with Gasteiger partial charge < -0.3 is 20.7 Å². The average molecular weight is 540 g/mol. The summed E-state index contributed by atoms with van der Waals surface area (Å²) in [4.78, 5) is 25.0. The number of halogens is 4. The van der Waals surface area contributed by atoms with Crippen molar-refractivity contribution in [2.75, 3.05) is 24.4 Å². The van der Waals surface area contributed by atoms with Gasteiger partial charge in [0, 0.05) is 25.8 Å². The van der Waals surface area contributed by atoms with Crippen LogP contribution in [0.3, 0.4) is 0 Å². The first-order valence-electron chi connectivity index (χ1n) is 11.3. The Hall–Kier alpha value is -3.58. The number of benzene rings is 1. The van der Waals surface area contributed by atoms with Gasteiger partial charge in [0.05, 0.1) is 24.5 Å². The molecule has 37 heavy (non-hydrogen) atoms. The van der Waals surface area contributed by atoms with Crippen LogP contribution < -0.4 is 16.0 Å². The standard InChI is InChI=1S/C23H25ClF3N7O3/c1-13(12-37-2)29-18(35)11-33-10-15(9-28-33)30-22(36)20-19(24)21-31-16(14-6-4-3-5-7-14)8-17(23(25,26)27)34(21)32-20/h3-7,9-10,13,16-17,31H,8,11-12H2,1-2H3,(H,29,35)(H,30,36)/t13-,16-,17-/m0/s1. The smallest absolute Gasteiger partial charge is 0.383 e. The van der Waals surface area contributed by atoms with Crippen LogP contribution >= 0.6 is 11.6 Å². The molecule has 3 heterocycles. The number of rotatable bonds is 8. The lowest BCUT2D eigenvalue weighted by molar-refractivity contribution is -0.173. The van der Waals surface area contributed by atoms with E-state index in [2.05, 4.69) is 26.1 Å². The zero-order chi connectivity index (χ0) is 26.7. The van der Waals surface area contributed by atoms with Crippen molar-refractivity contribution < 1.29 is 27.5 Å². The SMILES string of the molecule is COC[C@H](C)NC(=O)Cn1cc(NC(=O)c2nn3c(c2Cl)N[C@H](c2ccccc2)C[C@H]3C(F)(F)F)cn1. The van der Waals surface area contributed by atoms with Crippen molar-refractivity contribution >= 4 is 34.9 Å². The molecule has 1 aliphatic heterocycles. The molecule has 1 aliphatic rings. The molecule has 14 heteroatoms. The van der Waals surface area contributed by atoms with E-state index in [0.717, 1.165) is 0 Å². The molecule has 198 valence electrons. The third-order valence-electron chi connectivity index (χ3n) is 5.73. The number of amides is 2. The van der Waals surface area contributed by atoms with Gasteiger partial charge in [0.2, 0.25) is 5.91 Å². The van der Waals surface area contributed by atoms with E-state index in [9.17, 15) is 22.8 Å². The molecule has 4 rings (SSSR count). The van der Waals surface area contributed by atoms with E-state index in [4.69, 9.17) is 16.3 Å². The van der Waals surface area contributed by atoms with E-state index in [1.165, 1.54) is 24.2 Å². The molecule has 3 N–H and O–H groups in total. The van der Waals surface area contributed by atoms with Gasteiger partial charge in [0.15, 0.2) is 11.7 Å². The summed E-state index contributed by atoms with van der Waals surface area (Å²) in [6.45, 7) is 2.02. The van der Waals surface area contributed by atoms with E-state index in [1.807, 2.05) is 0 Å². The fourth-order valence-corrected chi connectivity index (χ4v) is 4.37. The number of hydrogen-bond acceptors (Lipinski definition) is 6. The Morgan fingerprint density at radius 1 is 1.30 bits per heavy atom. The number of ether oxygens (including phenoxy) is 1. The van der Waals surface area contributed by atoms with Gasteiger partial charge in [0.1, 0.15) is 17.4 Å².